The molecule has 8 nitrogen and oxygen atoms in total. The first-order valence-electron chi connectivity index (χ1n) is 16.3. The molecule has 3 amide bonds. The summed E-state index contributed by atoms with van der Waals surface area (Å²) in [6.45, 7) is 11.3. The van der Waals surface area contributed by atoms with Crippen LogP contribution in [0, 0.1) is 11.8 Å². The minimum absolute atomic E-state index is 0.0654. The lowest BCUT2D eigenvalue weighted by molar-refractivity contribution is -0.139. The molecule has 0 aromatic heterocycles. The maximum absolute atomic E-state index is 14.9. The number of para-hydroxylation sites is 1. The second kappa shape index (κ2) is 15.6. The Bertz CT molecular complexity index is 1480. The van der Waals surface area contributed by atoms with E-state index in [2.05, 4.69) is 29.1 Å². The highest BCUT2D eigenvalue weighted by Crippen LogP contribution is 2.68. The third kappa shape index (κ3) is 6.76. The number of hydrogen-bond donors (Lipinski definition) is 1. The largest absolute Gasteiger partial charge is 0.494 e. The first-order chi connectivity index (χ1) is 22.7. The van der Waals surface area contributed by atoms with Crippen LogP contribution in [0.2, 0.25) is 5.02 Å². The summed E-state index contributed by atoms with van der Waals surface area (Å²) in [6, 6.07) is 13.8. The number of hydrogen-bond acceptors (Lipinski definition) is 6. The Kier molecular flexibility index (Phi) is 11.8. The Balaban J connectivity index is 1.54. The maximum atomic E-state index is 14.9. The molecule has 5 rings (SSSR count). The first kappa shape index (κ1) is 35.5. The number of ether oxygens (including phenoxy) is 1. The number of carbonyl (C=O) groups excluding carboxylic acids is 3. The fourth-order valence-electron chi connectivity index (χ4n) is 7.45. The number of anilines is 2. The van der Waals surface area contributed by atoms with Gasteiger partial charge in [0.15, 0.2) is 0 Å². The number of unbranched alkanes of at least 4 members (excludes halogenated alkanes) is 3. The molecule has 3 unspecified atom stereocenters. The molecule has 6 atom stereocenters. The Hall–Kier alpha value is -2.79. The van der Waals surface area contributed by atoms with Gasteiger partial charge in [-0.2, -0.15) is 0 Å². The molecule has 1 spiro atoms. The number of thioether (sulfide) groups is 1. The van der Waals surface area contributed by atoms with Gasteiger partial charge in [0.25, 0.3) is 5.91 Å². The molecule has 0 saturated carbocycles. The number of alkyl halides is 1. The van der Waals surface area contributed by atoms with Crippen molar-refractivity contribution in [3.05, 3.63) is 78.9 Å². The summed E-state index contributed by atoms with van der Waals surface area (Å²) in [5.41, 5.74) is 1.25. The molecule has 3 fully saturated rings. The quantitative estimate of drug-likeness (QED) is 0.120. The summed E-state index contributed by atoms with van der Waals surface area (Å²) in [5, 5.41) is 9.51. The molecule has 2 bridgehead atoms. The molecule has 3 aliphatic rings. The number of benzene rings is 2. The van der Waals surface area contributed by atoms with E-state index in [1.165, 1.54) is 0 Å². The summed E-state index contributed by atoms with van der Waals surface area (Å²) < 4.78 is 4.81. The maximum Gasteiger partial charge on any atom is 0.251 e. The van der Waals surface area contributed by atoms with Crippen molar-refractivity contribution in [2.24, 2.45) is 11.8 Å². The van der Waals surface area contributed by atoms with Crippen molar-refractivity contribution in [3.63, 3.8) is 0 Å². The Morgan fingerprint density at radius 1 is 1.06 bits per heavy atom. The van der Waals surface area contributed by atoms with E-state index in [9.17, 15) is 19.5 Å². The molecule has 0 aliphatic carbocycles. The number of aliphatic hydroxyl groups is 1. The lowest BCUT2D eigenvalue weighted by Crippen LogP contribution is -2.56. The molecular weight excluding hydrogens is 702 g/mol. The van der Waals surface area contributed by atoms with Gasteiger partial charge in [-0.25, -0.2) is 0 Å². The Labute approximate surface area is 295 Å². The minimum atomic E-state index is -0.808. The van der Waals surface area contributed by atoms with Crippen molar-refractivity contribution < 1.29 is 24.2 Å². The van der Waals surface area contributed by atoms with Gasteiger partial charge in [-0.05, 0) is 62.6 Å². The van der Waals surface area contributed by atoms with E-state index in [1.54, 1.807) is 50.7 Å². The number of likely N-dealkylation sites (tertiary alicyclic amines) is 1. The lowest BCUT2D eigenvalue weighted by atomic mass is 9.70. The third-order valence-corrected chi connectivity index (χ3v) is 12.9. The predicted octanol–water partition coefficient (Wildman–Crippen LogP) is 6.49. The zero-order chi connectivity index (χ0) is 33.7. The first-order valence-corrected chi connectivity index (χ1v) is 18.5. The molecule has 2 aromatic rings. The van der Waals surface area contributed by atoms with Gasteiger partial charge in [0.1, 0.15) is 11.8 Å². The van der Waals surface area contributed by atoms with E-state index in [0.29, 0.717) is 54.6 Å². The number of rotatable bonds is 16. The highest BCUT2D eigenvalue weighted by atomic mass is 79.9. The number of carbonyl (C=O) groups is 3. The van der Waals surface area contributed by atoms with Crippen molar-refractivity contribution in [3.8, 4) is 5.75 Å². The van der Waals surface area contributed by atoms with Gasteiger partial charge in [-0.15, -0.1) is 24.9 Å². The van der Waals surface area contributed by atoms with Crippen molar-refractivity contribution in [2.45, 2.75) is 59.9 Å². The monoisotopic (exact) mass is 743 g/mol. The number of nitrogens with zero attached hydrogens (tertiary/aromatic N) is 3. The van der Waals surface area contributed by atoms with Gasteiger partial charge in [-0.3, -0.25) is 14.4 Å². The Morgan fingerprint density at radius 2 is 1.74 bits per heavy atom. The van der Waals surface area contributed by atoms with Gasteiger partial charge in [0.05, 0.1) is 33.9 Å². The van der Waals surface area contributed by atoms with Crippen molar-refractivity contribution >= 4 is 68.4 Å². The van der Waals surface area contributed by atoms with Crippen LogP contribution < -0.4 is 14.5 Å². The molecule has 1 N–H and O–H groups in total. The zero-order valence-corrected chi connectivity index (χ0v) is 29.9. The third-order valence-electron chi connectivity index (χ3n) is 9.37. The fraction of sp³-hybridized carbons (Fsp3) is 0.472. The standard InChI is InChI=1S/C36H43BrClN3O5S/c1-4-19-39(24-15-17-25(18-16-24)46-6-3)33(43)29-30-34(44)41(21-11-7-8-12-22-42)32(36(30)23-26(37)31(29)47-36)35(45)40(20-5-2)28-14-10-9-13-27(28)38/h4-5,9-10,13-18,26,29-32,42H,1-2,6-8,11-12,19-23H2,3H3/t26?,29-,30+,31-,32?,36?/m1/s1. The molecule has 3 aliphatic heterocycles. The summed E-state index contributed by atoms with van der Waals surface area (Å²) in [4.78, 5) is 49.2. The normalized spacial score (nSPS) is 25.8. The van der Waals surface area contributed by atoms with Crippen LogP contribution in [-0.2, 0) is 14.4 Å². The van der Waals surface area contributed by atoms with E-state index >= 15 is 0 Å². The van der Waals surface area contributed by atoms with Crippen LogP contribution >= 0.6 is 39.3 Å². The molecule has 252 valence electrons. The second-order valence-electron chi connectivity index (χ2n) is 12.2. The average Bonchev–Trinajstić information content (AvgIpc) is 3.66. The van der Waals surface area contributed by atoms with Crippen molar-refractivity contribution in [2.75, 3.05) is 42.6 Å². The molecule has 11 heteroatoms. The number of aliphatic hydroxyl groups excluding tert-OH is 1. The second-order valence-corrected chi connectivity index (χ2v) is 15.3. The average molecular weight is 745 g/mol. The van der Waals surface area contributed by atoms with E-state index in [4.69, 9.17) is 16.3 Å². The molecule has 3 heterocycles. The van der Waals surface area contributed by atoms with Gasteiger partial charge >= 0.3 is 0 Å². The molecular formula is C36H43BrClN3O5S. The van der Waals surface area contributed by atoms with Crippen LogP contribution in [0.3, 0.4) is 0 Å². The van der Waals surface area contributed by atoms with E-state index < -0.39 is 22.6 Å². The lowest BCUT2D eigenvalue weighted by Gasteiger charge is -2.38. The summed E-state index contributed by atoms with van der Waals surface area (Å²) in [5.74, 6) is -1.12. The van der Waals surface area contributed by atoms with Gasteiger partial charge in [0, 0.05) is 42.0 Å². The van der Waals surface area contributed by atoms with Crippen LogP contribution in [0.25, 0.3) is 0 Å². The van der Waals surface area contributed by atoms with E-state index in [1.807, 2.05) is 43.3 Å². The number of fused-ring (bicyclic) bond motifs is 1. The molecule has 3 saturated heterocycles. The predicted molar refractivity (Wildman–Crippen MR) is 194 cm³/mol. The van der Waals surface area contributed by atoms with Crippen molar-refractivity contribution in [1.29, 1.82) is 0 Å². The number of halogens is 2. The van der Waals surface area contributed by atoms with Crippen LogP contribution in [-0.4, -0.2) is 81.4 Å². The van der Waals surface area contributed by atoms with E-state index in [0.717, 1.165) is 12.8 Å². The molecule has 47 heavy (non-hydrogen) atoms. The summed E-state index contributed by atoms with van der Waals surface area (Å²) >= 11 is 12.1. The van der Waals surface area contributed by atoms with Crippen LogP contribution in [0.5, 0.6) is 5.75 Å². The van der Waals surface area contributed by atoms with Crippen LogP contribution in [0.1, 0.15) is 39.0 Å². The SMILES string of the molecule is C=CCN(C(=O)[C@H]1[C@@H]2SC3(CC2Br)C(C(=O)N(CC=C)c2ccccc2Cl)N(CCCCCCO)C(=O)[C@H]13)c1ccc(OCC)cc1. The summed E-state index contributed by atoms with van der Waals surface area (Å²) in [6.07, 6.45) is 6.94. The highest BCUT2D eigenvalue weighted by Gasteiger charge is 2.76. The zero-order valence-electron chi connectivity index (χ0n) is 26.7. The van der Waals surface area contributed by atoms with Gasteiger partial charge in [-0.1, -0.05) is 64.7 Å². The topological polar surface area (TPSA) is 90.4 Å². The van der Waals surface area contributed by atoms with Gasteiger partial charge < -0.3 is 24.5 Å². The van der Waals surface area contributed by atoms with Gasteiger partial charge in [0.2, 0.25) is 11.8 Å². The van der Waals surface area contributed by atoms with Crippen LogP contribution in [0.15, 0.2) is 73.8 Å². The smallest absolute Gasteiger partial charge is 0.251 e. The highest BCUT2D eigenvalue weighted by molar-refractivity contribution is 9.09. The van der Waals surface area contributed by atoms with Crippen LogP contribution in [0.4, 0.5) is 11.4 Å². The Morgan fingerprint density at radius 3 is 2.40 bits per heavy atom. The fourth-order valence-corrected chi connectivity index (χ4v) is 11.3. The summed E-state index contributed by atoms with van der Waals surface area (Å²) in [7, 11) is 0. The minimum Gasteiger partial charge on any atom is -0.494 e. The molecule has 0 radical (unpaired) electrons. The van der Waals surface area contributed by atoms with Crippen molar-refractivity contribution in [1.82, 2.24) is 4.90 Å². The number of amides is 3. The van der Waals surface area contributed by atoms with E-state index in [-0.39, 0.29) is 47.5 Å². The molecule has 2 aromatic carbocycles.